The molecule has 0 aliphatic carbocycles. The van der Waals surface area contributed by atoms with Gasteiger partial charge in [-0.1, -0.05) is 131 Å². The average molecular weight is 410 g/mol. The van der Waals surface area contributed by atoms with Crippen LogP contribution in [0.4, 0.5) is 0 Å². The van der Waals surface area contributed by atoms with Crippen LogP contribution in [-0.4, -0.2) is 24.5 Å². The second kappa shape index (κ2) is 22.6. The van der Waals surface area contributed by atoms with Crippen LogP contribution in [0.1, 0.15) is 150 Å². The van der Waals surface area contributed by atoms with Crippen LogP contribution in [0.5, 0.6) is 0 Å². The van der Waals surface area contributed by atoms with Crippen LogP contribution < -0.4 is 0 Å². The van der Waals surface area contributed by atoms with Crippen LogP contribution >= 0.6 is 0 Å². The lowest BCUT2D eigenvalue weighted by Crippen LogP contribution is -2.27. The molecule has 176 valence electrons. The third kappa shape index (κ3) is 24.1. The molecular weight excluding hydrogens is 350 g/mol. The van der Waals surface area contributed by atoms with Crippen molar-refractivity contribution in [1.82, 2.24) is 4.90 Å². The van der Waals surface area contributed by atoms with E-state index in [0.29, 0.717) is 0 Å². The molecule has 0 N–H and O–H groups in total. The van der Waals surface area contributed by atoms with Crippen LogP contribution in [0.15, 0.2) is 0 Å². The van der Waals surface area contributed by atoms with E-state index in [1.807, 2.05) is 0 Å². The summed E-state index contributed by atoms with van der Waals surface area (Å²) in [4.78, 5) is 2.77. The average Bonchev–Trinajstić information content (AvgIpc) is 2.68. The zero-order chi connectivity index (χ0) is 21.6. The van der Waals surface area contributed by atoms with Gasteiger partial charge in [0.05, 0.1) is 0 Å². The highest BCUT2D eigenvalue weighted by molar-refractivity contribution is 4.60. The lowest BCUT2D eigenvalue weighted by Gasteiger charge is -2.22. The van der Waals surface area contributed by atoms with Gasteiger partial charge in [-0.2, -0.15) is 0 Å². The van der Waals surface area contributed by atoms with Crippen molar-refractivity contribution in [2.24, 2.45) is 11.8 Å². The van der Waals surface area contributed by atoms with E-state index in [9.17, 15) is 0 Å². The predicted octanol–water partition coefficient (Wildman–Crippen LogP) is 9.64. The Morgan fingerprint density at radius 3 is 1.07 bits per heavy atom. The first-order valence-corrected chi connectivity index (χ1v) is 13.8. The molecule has 0 unspecified atom stereocenters. The standard InChI is InChI=1S/C28H59N/c1-6-7-24-29(25-20-16-12-8-10-14-18-22-27(2)3)26-21-17-13-9-11-15-19-23-28(4)5/h27-28H,6-26H2,1-5H3. The Kier molecular flexibility index (Phi) is 22.6. The molecule has 0 aromatic rings. The molecule has 0 atom stereocenters. The highest BCUT2D eigenvalue weighted by atomic mass is 15.1. The monoisotopic (exact) mass is 409 g/mol. The smallest absolute Gasteiger partial charge is 0.00187 e. The van der Waals surface area contributed by atoms with E-state index in [1.165, 1.54) is 135 Å². The Morgan fingerprint density at radius 2 is 0.724 bits per heavy atom. The third-order valence-corrected chi connectivity index (χ3v) is 6.34. The molecule has 0 aromatic carbocycles. The van der Waals surface area contributed by atoms with E-state index in [1.54, 1.807) is 0 Å². The van der Waals surface area contributed by atoms with E-state index in [0.717, 1.165) is 11.8 Å². The second-order valence-electron chi connectivity index (χ2n) is 10.5. The fourth-order valence-corrected chi connectivity index (χ4v) is 4.26. The maximum atomic E-state index is 2.77. The zero-order valence-corrected chi connectivity index (χ0v) is 21.5. The predicted molar refractivity (Wildman–Crippen MR) is 135 cm³/mol. The van der Waals surface area contributed by atoms with Crippen LogP contribution in [0, 0.1) is 11.8 Å². The summed E-state index contributed by atoms with van der Waals surface area (Å²) in [6, 6.07) is 0. The zero-order valence-electron chi connectivity index (χ0n) is 21.5. The molecule has 0 aliphatic heterocycles. The van der Waals surface area contributed by atoms with Gasteiger partial charge in [0.25, 0.3) is 0 Å². The van der Waals surface area contributed by atoms with Gasteiger partial charge < -0.3 is 4.90 Å². The highest BCUT2D eigenvalue weighted by Gasteiger charge is 2.04. The number of hydrogen-bond acceptors (Lipinski definition) is 1. The van der Waals surface area contributed by atoms with Crippen molar-refractivity contribution in [2.75, 3.05) is 19.6 Å². The maximum absolute atomic E-state index is 2.77. The Hall–Kier alpha value is -0.0400. The molecule has 0 bridgehead atoms. The summed E-state index contributed by atoms with van der Waals surface area (Å²) in [6.07, 6.45) is 25.9. The Morgan fingerprint density at radius 1 is 0.414 bits per heavy atom. The number of nitrogens with zero attached hydrogens (tertiary/aromatic N) is 1. The molecule has 0 spiro atoms. The lowest BCUT2D eigenvalue weighted by atomic mass is 10.0. The summed E-state index contributed by atoms with van der Waals surface area (Å²) in [6.45, 7) is 15.7. The molecule has 0 amide bonds. The third-order valence-electron chi connectivity index (χ3n) is 6.34. The van der Waals surface area contributed by atoms with E-state index < -0.39 is 0 Å². The minimum absolute atomic E-state index is 0.888. The van der Waals surface area contributed by atoms with Crippen LogP contribution in [0.3, 0.4) is 0 Å². The number of rotatable bonds is 23. The molecule has 0 aliphatic rings. The van der Waals surface area contributed by atoms with Crippen LogP contribution in [-0.2, 0) is 0 Å². The van der Waals surface area contributed by atoms with Crippen molar-refractivity contribution in [3.05, 3.63) is 0 Å². The van der Waals surface area contributed by atoms with Gasteiger partial charge in [0, 0.05) is 0 Å². The second-order valence-corrected chi connectivity index (χ2v) is 10.5. The number of unbranched alkanes of at least 4 members (excludes halogenated alkanes) is 13. The number of hydrogen-bond donors (Lipinski definition) is 0. The topological polar surface area (TPSA) is 3.24 Å². The molecule has 0 heterocycles. The van der Waals surface area contributed by atoms with Crippen LogP contribution in [0.2, 0.25) is 0 Å². The molecule has 0 radical (unpaired) electrons. The van der Waals surface area contributed by atoms with Gasteiger partial charge >= 0.3 is 0 Å². The van der Waals surface area contributed by atoms with E-state index >= 15 is 0 Å². The summed E-state index contributed by atoms with van der Waals surface area (Å²) in [5.41, 5.74) is 0. The maximum Gasteiger partial charge on any atom is -0.00187 e. The van der Waals surface area contributed by atoms with Gasteiger partial charge in [0.2, 0.25) is 0 Å². The van der Waals surface area contributed by atoms with Crippen molar-refractivity contribution in [3.8, 4) is 0 Å². The highest BCUT2D eigenvalue weighted by Crippen LogP contribution is 2.14. The van der Waals surface area contributed by atoms with E-state index in [-0.39, 0.29) is 0 Å². The minimum atomic E-state index is 0.888. The largest absolute Gasteiger partial charge is 0.303 e. The molecule has 29 heavy (non-hydrogen) atoms. The summed E-state index contributed by atoms with van der Waals surface area (Å²) >= 11 is 0. The summed E-state index contributed by atoms with van der Waals surface area (Å²) in [5, 5.41) is 0. The molecule has 0 fully saturated rings. The Balaban J connectivity index is 3.56. The van der Waals surface area contributed by atoms with Crippen molar-refractivity contribution < 1.29 is 0 Å². The first-order valence-electron chi connectivity index (χ1n) is 13.8. The van der Waals surface area contributed by atoms with Gasteiger partial charge in [0.15, 0.2) is 0 Å². The lowest BCUT2D eigenvalue weighted by molar-refractivity contribution is 0.256. The first-order chi connectivity index (χ1) is 14.1. The molecular formula is C28H59N. The molecule has 0 saturated heterocycles. The van der Waals surface area contributed by atoms with Gasteiger partial charge in [-0.15, -0.1) is 0 Å². The van der Waals surface area contributed by atoms with Gasteiger partial charge in [-0.25, -0.2) is 0 Å². The normalized spacial score (nSPS) is 12.0. The molecule has 0 saturated carbocycles. The van der Waals surface area contributed by atoms with E-state index in [4.69, 9.17) is 0 Å². The van der Waals surface area contributed by atoms with Gasteiger partial charge in [-0.3, -0.25) is 0 Å². The summed E-state index contributed by atoms with van der Waals surface area (Å²) in [7, 11) is 0. The molecule has 0 rings (SSSR count). The summed E-state index contributed by atoms with van der Waals surface area (Å²) < 4.78 is 0. The summed E-state index contributed by atoms with van der Waals surface area (Å²) in [5.74, 6) is 1.78. The van der Waals surface area contributed by atoms with Gasteiger partial charge in [-0.05, 0) is 50.7 Å². The van der Waals surface area contributed by atoms with Crippen molar-refractivity contribution in [2.45, 2.75) is 150 Å². The molecule has 1 heteroatoms. The van der Waals surface area contributed by atoms with Crippen LogP contribution in [0.25, 0.3) is 0 Å². The minimum Gasteiger partial charge on any atom is -0.303 e. The van der Waals surface area contributed by atoms with Gasteiger partial charge in [0.1, 0.15) is 0 Å². The van der Waals surface area contributed by atoms with Crippen molar-refractivity contribution >= 4 is 0 Å². The van der Waals surface area contributed by atoms with Crippen molar-refractivity contribution in [1.29, 1.82) is 0 Å². The molecule has 1 nitrogen and oxygen atoms in total. The Bertz CT molecular complexity index is 271. The fourth-order valence-electron chi connectivity index (χ4n) is 4.26. The SMILES string of the molecule is CCCCN(CCCCCCCCCC(C)C)CCCCCCCCCC(C)C. The quantitative estimate of drug-likeness (QED) is 0.152. The fraction of sp³-hybridized carbons (Fsp3) is 1.00. The first kappa shape index (κ1) is 29.0. The Labute approximate surface area is 186 Å². The van der Waals surface area contributed by atoms with Crippen molar-refractivity contribution in [3.63, 3.8) is 0 Å². The van der Waals surface area contributed by atoms with E-state index in [2.05, 4.69) is 39.5 Å². The molecule has 0 aromatic heterocycles.